The van der Waals surface area contributed by atoms with E-state index in [1.165, 1.54) is 11.1 Å². The minimum Gasteiger partial charge on any atom is -0.325 e. The maximum absolute atomic E-state index is 5.73. The summed E-state index contributed by atoms with van der Waals surface area (Å²) in [4.78, 5) is 0. The van der Waals surface area contributed by atoms with Gasteiger partial charge in [-0.3, -0.25) is 0 Å². The molecule has 0 aliphatic heterocycles. The van der Waals surface area contributed by atoms with E-state index in [4.69, 9.17) is 5.73 Å². The van der Waals surface area contributed by atoms with E-state index in [0.29, 0.717) is 18.4 Å². The standard InChI is InChI=1S/C16H24N4/c1-11(2)14-7-5-13(6-8-14)10-20-16(12(3)4)15(9-17)18-19-20/h5-8,11-12H,9-10,17H2,1-4H3. The van der Waals surface area contributed by atoms with Crippen LogP contribution in [0.1, 0.15) is 62.0 Å². The number of aromatic nitrogens is 3. The molecule has 4 nitrogen and oxygen atoms in total. The van der Waals surface area contributed by atoms with Crippen LogP contribution in [0.5, 0.6) is 0 Å². The average Bonchev–Trinajstić information content (AvgIpc) is 2.82. The minimum atomic E-state index is 0.374. The molecule has 2 aromatic rings. The molecule has 0 fully saturated rings. The molecule has 1 heterocycles. The van der Waals surface area contributed by atoms with E-state index in [-0.39, 0.29) is 0 Å². The van der Waals surface area contributed by atoms with E-state index in [2.05, 4.69) is 62.3 Å². The highest BCUT2D eigenvalue weighted by atomic mass is 15.4. The van der Waals surface area contributed by atoms with Gasteiger partial charge in [-0.1, -0.05) is 57.2 Å². The molecule has 0 unspecified atom stereocenters. The van der Waals surface area contributed by atoms with Crippen molar-refractivity contribution in [3.63, 3.8) is 0 Å². The lowest BCUT2D eigenvalue weighted by Crippen LogP contribution is -2.10. The van der Waals surface area contributed by atoms with Gasteiger partial charge in [-0.15, -0.1) is 5.10 Å². The predicted molar refractivity (Wildman–Crippen MR) is 81.6 cm³/mol. The van der Waals surface area contributed by atoms with Gasteiger partial charge in [0, 0.05) is 6.54 Å². The molecule has 0 spiro atoms. The van der Waals surface area contributed by atoms with Crippen molar-refractivity contribution in [2.75, 3.05) is 0 Å². The monoisotopic (exact) mass is 272 g/mol. The Balaban J connectivity index is 2.23. The van der Waals surface area contributed by atoms with Crippen molar-refractivity contribution in [1.82, 2.24) is 15.0 Å². The summed E-state index contributed by atoms with van der Waals surface area (Å²) < 4.78 is 1.97. The Kier molecular flexibility index (Phi) is 4.55. The van der Waals surface area contributed by atoms with E-state index in [9.17, 15) is 0 Å². The van der Waals surface area contributed by atoms with Crippen molar-refractivity contribution in [2.24, 2.45) is 5.73 Å². The summed E-state index contributed by atoms with van der Waals surface area (Å²) in [5.41, 5.74) is 10.4. The zero-order chi connectivity index (χ0) is 14.7. The Hall–Kier alpha value is -1.68. The maximum atomic E-state index is 5.73. The number of hydrogen-bond donors (Lipinski definition) is 1. The molecule has 2 N–H and O–H groups in total. The molecule has 1 aromatic carbocycles. The van der Waals surface area contributed by atoms with Crippen LogP contribution in [0, 0.1) is 0 Å². The third kappa shape index (κ3) is 3.07. The highest BCUT2D eigenvalue weighted by Crippen LogP contribution is 2.19. The van der Waals surface area contributed by atoms with Crippen LogP contribution >= 0.6 is 0 Å². The lowest BCUT2D eigenvalue weighted by Gasteiger charge is -2.11. The zero-order valence-electron chi connectivity index (χ0n) is 12.8. The molecule has 0 aliphatic carbocycles. The van der Waals surface area contributed by atoms with Crippen LogP contribution in [0.2, 0.25) is 0 Å². The smallest absolute Gasteiger partial charge is 0.0997 e. The Morgan fingerprint density at radius 2 is 1.70 bits per heavy atom. The summed E-state index contributed by atoms with van der Waals surface area (Å²) in [5, 5.41) is 8.43. The molecule has 20 heavy (non-hydrogen) atoms. The van der Waals surface area contributed by atoms with Gasteiger partial charge < -0.3 is 5.73 Å². The van der Waals surface area contributed by atoms with Gasteiger partial charge in [0.2, 0.25) is 0 Å². The van der Waals surface area contributed by atoms with Gasteiger partial charge in [-0.05, 0) is 23.0 Å². The van der Waals surface area contributed by atoms with Gasteiger partial charge in [-0.25, -0.2) is 4.68 Å². The van der Waals surface area contributed by atoms with Gasteiger partial charge in [0.25, 0.3) is 0 Å². The van der Waals surface area contributed by atoms with Crippen molar-refractivity contribution in [3.8, 4) is 0 Å². The Morgan fingerprint density at radius 1 is 1.05 bits per heavy atom. The molecule has 0 amide bonds. The van der Waals surface area contributed by atoms with Crippen molar-refractivity contribution >= 4 is 0 Å². The quantitative estimate of drug-likeness (QED) is 0.910. The first-order valence-corrected chi connectivity index (χ1v) is 7.24. The van der Waals surface area contributed by atoms with E-state index in [1.54, 1.807) is 0 Å². The first kappa shape index (κ1) is 14.7. The summed E-state index contributed by atoms with van der Waals surface area (Å²) in [6.45, 7) is 9.90. The molecule has 0 bridgehead atoms. The summed E-state index contributed by atoms with van der Waals surface area (Å²) in [7, 11) is 0. The molecule has 0 saturated heterocycles. The van der Waals surface area contributed by atoms with Crippen LogP contribution in [-0.2, 0) is 13.1 Å². The fourth-order valence-corrected chi connectivity index (χ4v) is 2.43. The zero-order valence-corrected chi connectivity index (χ0v) is 12.8. The summed E-state index contributed by atoms with van der Waals surface area (Å²) >= 11 is 0. The number of benzene rings is 1. The minimum absolute atomic E-state index is 0.374. The Morgan fingerprint density at radius 3 is 2.20 bits per heavy atom. The molecule has 108 valence electrons. The van der Waals surface area contributed by atoms with Crippen LogP contribution in [0.15, 0.2) is 24.3 Å². The second kappa shape index (κ2) is 6.18. The van der Waals surface area contributed by atoms with Gasteiger partial charge >= 0.3 is 0 Å². The molecule has 0 saturated carbocycles. The molecule has 4 heteroatoms. The fraction of sp³-hybridized carbons (Fsp3) is 0.500. The number of nitrogens with zero attached hydrogens (tertiary/aromatic N) is 3. The molecule has 0 aliphatic rings. The van der Waals surface area contributed by atoms with Gasteiger partial charge in [-0.2, -0.15) is 0 Å². The van der Waals surface area contributed by atoms with E-state index in [1.807, 2.05) is 4.68 Å². The second-order valence-corrected chi connectivity index (χ2v) is 5.83. The van der Waals surface area contributed by atoms with Crippen LogP contribution in [0.3, 0.4) is 0 Å². The SMILES string of the molecule is CC(C)c1ccc(Cn2nnc(CN)c2C(C)C)cc1. The number of nitrogens with two attached hydrogens (primary N) is 1. The van der Waals surface area contributed by atoms with Crippen molar-refractivity contribution in [1.29, 1.82) is 0 Å². The van der Waals surface area contributed by atoms with E-state index >= 15 is 0 Å². The number of hydrogen-bond acceptors (Lipinski definition) is 3. The van der Waals surface area contributed by atoms with Crippen molar-refractivity contribution < 1.29 is 0 Å². The first-order chi connectivity index (χ1) is 9.52. The molecule has 1 aromatic heterocycles. The third-order valence-corrected chi connectivity index (χ3v) is 3.57. The van der Waals surface area contributed by atoms with Crippen LogP contribution in [-0.4, -0.2) is 15.0 Å². The highest BCUT2D eigenvalue weighted by Gasteiger charge is 2.15. The molecule has 0 atom stereocenters. The Labute approximate surface area is 121 Å². The summed E-state index contributed by atoms with van der Waals surface area (Å²) in [6, 6.07) is 8.72. The topological polar surface area (TPSA) is 56.7 Å². The van der Waals surface area contributed by atoms with Crippen LogP contribution in [0.4, 0.5) is 0 Å². The van der Waals surface area contributed by atoms with Gasteiger partial charge in [0.1, 0.15) is 0 Å². The van der Waals surface area contributed by atoms with Crippen LogP contribution < -0.4 is 5.73 Å². The lowest BCUT2D eigenvalue weighted by molar-refractivity contribution is 0.597. The first-order valence-electron chi connectivity index (χ1n) is 7.24. The summed E-state index contributed by atoms with van der Waals surface area (Å²) in [6.07, 6.45) is 0. The molecule has 2 rings (SSSR count). The van der Waals surface area contributed by atoms with Gasteiger partial charge in [0.05, 0.1) is 17.9 Å². The maximum Gasteiger partial charge on any atom is 0.0997 e. The number of rotatable bonds is 5. The molecular weight excluding hydrogens is 248 g/mol. The van der Waals surface area contributed by atoms with E-state index in [0.717, 1.165) is 17.9 Å². The molecule has 0 radical (unpaired) electrons. The molecular formula is C16H24N4. The lowest BCUT2D eigenvalue weighted by atomic mass is 10.0. The fourth-order valence-electron chi connectivity index (χ4n) is 2.43. The van der Waals surface area contributed by atoms with Gasteiger partial charge in [0.15, 0.2) is 0 Å². The van der Waals surface area contributed by atoms with E-state index < -0.39 is 0 Å². The highest BCUT2D eigenvalue weighted by molar-refractivity contribution is 5.25. The van der Waals surface area contributed by atoms with Crippen LogP contribution in [0.25, 0.3) is 0 Å². The van der Waals surface area contributed by atoms with Crippen molar-refractivity contribution in [2.45, 2.75) is 52.6 Å². The average molecular weight is 272 g/mol. The predicted octanol–water partition coefficient (Wildman–Crippen LogP) is 3.03. The second-order valence-electron chi connectivity index (χ2n) is 5.83. The van der Waals surface area contributed by atoms with Crippen molar-refractivity contribution in [3.05, 3.63) is 46.8 Å². The largest absolute Gasteiger partial charge is 0.325 e. The summed E-state index contributed by atoms with van der Waals surface area (Å²) in [5.74, 6) is 0.934. The normalized spacial score (nSPS) is 11.6. The third-order valence-electron chi connectivity index (χ3n) is 3.57. The Bertz CT molecular complexity index is 552.